The van der Waals surface area contributed by atoms with Crippen LogP contribution in [0.25, 0.3) is 0 Å². The Morgan fingerprint density at radius 2 is 2.06 bits per heavy atom. The molecular weight excluding hydrogens is 253 g/mol. The molecule has 5 N–H and O–H groups in total. The second-order valence-corrected chi connectivity index (χ2v) is 5.50. The summed E-state index contributed by atoms with van der Waals surface area (Å²) in [5, 5.41) is 3.04. The Morgan fingerprint density at radius 1 is 1.39 bits per heavy atom. The molecule has 0 amide bonds. The zero-order chi connectivity index (χ0) is 13.3. The maximum absolute atomic E-state index is 14.0. The number of nitrogens with one attached hydrogen (secondary N) is 1. The van der Waals surface area contributed by atoms with Crippen molar-refractivity contribution in [3.63, 3.8) is 0 Å². The fraction of sp³-hybridized carbons (Fsp3) is 0.538. The SMILES string of the molecule is CCC1(CNc2c(N)cc(N)c(Cl)c2F)CCC1. The molecule has 1 aliphatic rings. The lowest BCUT2D eigenvalue weighted by Crippen LogP contribution is -2.36. The Balaban J connectivity index is 2.17. The van der Waals surface area contributed by atoms with Crippen molar-refractivity contribution < 1.29 is 4.39 Å². The maximum atomic E-state index is 14.0. The van der Waals surface area contributed by atoms with Crippen LogP contribution in [-0.4, -0.2) is 6.54 Å². The molecule has 0 radical (unpaired) electrons. The van der Waals surface area contributed by atoms with E-state index in [1.165, 1.54) is 25.3 Å². The van der Waals surface area contributed by atoms with Crippen LogP contribution in [0.1, 0.15) is 32.6 Å². The highest BCUT2D eigenvalue weighted by Crippen LogP contribution is 2.44. The minimum atomic E-state index is -0.556. The summed E-state index contributed by atoms with van der Waals surface area (Å²) in [6.07, 6.45) is 4.70. The van der Waals surface area contributed by atoms with Crippen molar-refractivity contribution in [2.75, 3.05) is 23.3 Å². The maximum Gasteiger partial charge on any atom is 0.169 e. The van der Waals surface area contributed by atoms with Crippen molar-refractivity contribution >= 4 is 28.7 Å². The third-order valence-electron chi connectivity index (χ3n) is 4.07. The van der Waals surface area contributed by atoms with Crippen molar-refractivity contribution in [3.05, 3.63) is 16.9 Å². The Labute approximate surface area is 112 Å². The number of rotatable bonds is 4. The highest BCUT2D eigenvalue weighted by Gasteiger charge is 2.35. The van der Waals surface area contributed by atoms with E-state index in [0.717, 1.165) is 13.0 Å². The van der Waals surface area contributed by atoms with Gasteiger partial charge in [0.05, 0.1) is 17.1 Å². The van der Waals surface area contributed by atoms with E-state index in [0.29, 0.717) is 5.69 Å². The monoisotopic (exact) mass is 271 g/mol. The van der Waals surface area contributed by atoms with Crippen LogP contribution in [0.4, 0.5) is 21.5 Å². The average Bonchev–Trinajstić information content (AvgIpc) is 2.29. The van der Waals surface area contributed by atoms with E-state index in [9.17, 15) is 4.39 Å². The molecular formula is C13H19ClFN3. The summed E-state index contributed by atoms with van der Waals surface area (Å²) in [5.41, 5.74) is 12.4. The largest absolute Gasteiger partial charge is 0.397 e. The van der Waals surface area contributed by atoms with Gasteiger partial charge in [-0.05, 0) is 30.7 Å². The lowest BCUT2D eigenvalue weighted by molar-refractivity contribution is 0.145. The molecule has 0 heterocycles. The van der Waals surface area contributed by atoms with Crippen LogP contribution in [-0.2, 0) is 0 Å². The van der Waals surface area contributed by atoms with E-state index >= 15 is 0 Å². The summed E-state index contributed by atoms with van der Waals surface area (Å²) in [5.74, 6) is -0.556. The molecule has 0 aromatic heterocycles. The number of nitrogens with two attached hydrogens (primary N) is 2. The van der Waals surface area contributed by atoms with Gasteiger partial charge in [0.2, 0.25) is 0 Å². The smallest absolute Gasteiger partial charge is 0.169 e. The topological polar surface area (TPSA) is 64.1 Å². The molecule has 0 saturated heterocycles. The zero-order valence-electron chi connectivity index (χ0n) is 10.5. The van der Waals surface area contributed by atoms with E-state index in [1.807, 2.05) is 0 Å². The molecule has 0 bridgehead atoms. The van der Waals surface area contributed by atoms with Gasteiger partial charge in [-0.25, -0.2) is 4.39 Å². The van der Waals surface area contributed by atoms with Crippen molar-refractivity contribution in [1.29, 1.82) is 0 Å². The van der Waals surface area contributed by atoms with Gasteiger partial charge in [-0.1, -0.05) is 24.9 Å². The molecule has 3 nitrogen and oxygen atoms in total. The lowest BCUT2D eigenvalue weighted by Gasteiger charge is -2.41. The van der Waals surface area contributed by atoms with Gasteiger partial charge in [-0.2, -0.15) is 0 Å². The van der Waals surface area contributed by atoms with E-state index in [-0.39, 0.29) is 21.8 Å². The Morgan fingerprint density at radius 3 is 2.56 bits per heavy atom. The summed E-state index contributed by atoms with van der Waals surface area (Å²) in [4.78, 5) is 0. The Bertz CT molecular complexity index is 453. The van der Waals surface area contributed by atoms with Gasteiger partial charge < -0.3 is 16.8 Å². The summed E-state index contributed by atoms with van der Waals surface area (Å²) < 4.78 is 14.0. The second kappa shape index (κ2) is 4.84. The third-order valence-corrected chi connectivity index (χ3v) is 4.45. The van der Waals surface area contributed by atoms with Crippen molar-refractivity contribution in [1.82, 2.24) is 0 Å². The second-order valence-electron chi connectivity index (χ2n) is 5.12. The zero-order valence-corrected chi connectivity index (χ0v) is 11.3. The van der Waals surface area contributed by atoms with E-state index < -0.39 is 5.82 Å². The van der Waals surface area contributed by atoms with Gasteiger partial charge in [0, 0.05) is 6.54 Å². The molecule has 1 fully saturated rings. The standard InChI is InChI=1S/C13H19ClFN3/c1-2-13(4-3-5-13)7-18-12-9(17)6-8(16)10(14)11(12)15/h6,18H,2-5,7,16-17H2,1H3. The van der Waals surface area contributed by atoms with Crippen LogP contribution in [0.15, 0.2) is 6.07 Å². The van der Waals surface area contributed by atoms with Gasteiger partial charge in [-0.15, -0.1) is 0 Å². The summed E-state index contributed by atoms with van der Waals surface area (Å²) >= 11 is 5.79. The number of hydrogen-bond acceptors (Lipinski definition) is 3. The third kappa shape index (κ3) is 2.21. The first-order chi connectivity index (χ1) is 8.49. The molecule has 0 atom stereocenters. The van der Waals surface area contributed by atoms with Gasteiger partial charge in [0.15, 0.2) is 5.82 Å². The molecule has 0 unspecified atom stereocenters. The Kier molecular flexibility index (Phi) is 3.57. The molecule has 0 aliphatic heterocycles. The highest BCUT2D eigenvalue weighted by atomic mass is 35.5. The van der Waals surface area contributed by atoms with E-state index in [2.05, 4.69) is 12.2 Å². The predicted molar refractivity (Wildman–Crippen MR) is 75.3 cm³/mol. The Hall–Kier alpha value is -1.16. The average molecular weight is 272 g/mol. The van der Waals surface area contributed by atoms with Gasteiger partial charge >= 0.3 is 0 Å². The predicted octanol–water partition coefficient (Wildman–Crippen LogP) is 3.64. The summed E-state index contributed by atoms with van der Waals surface area (Å²) in [7, 11) is 0. The molecule has 18 heavy (non-hydrogen) atoms. The number of benzene rings is 1. The molecule has 0 spiro atoms. The first-order valence-electron chi connectivity index (χ1n) is 6.26. The van der Waals surface area contributed by atoms with Crippen LogP contribution in [0.2, 0.25) is 5.02 Å². The van der Waals surface area contributed by atoms with Crippen molar-refractivity contribution in [2.24, 2.45) is 5.41 Å². The van der Waals surface area contributed by atoms with Crippen LogP contribution in [0.5, 0.6) is 0 Å². The van der Waals surface area contributed by atoms with E-state index in [1.54, 1.807) is 0 Å². The molecule has 1 saturated carbocycles. The first kappa shape index (κ1) is 13.3. The molecule has 1 aromatic carbocycles. The molecule has 1 aliphatic carbocycles. The summed E-state index contributed by atoms with van der Waals surface area (Å²) in [6.45, 7) is 2.89. The highest BCUT2D eigenvalue weighted by molar-refractivity contribution is 6.33. The molecule has 2 rings (SSSR count). The minimum absolute atomic E-state index is 0.0640. The van der Waals surface area contributed by atoms with Crippen LogP contribution in [0.3, 0.4) is 0 Å². The van der Waals surface area contributed by atoms with E-state index in [4.69, 9.17) is 23.1 Å². The summed E-state index contributed by atoms with van der Waals surface area (Å²) in [6, 6.07) is 1.49. The quantitative estimate of drug-likeness (QED) is 0.733. The lowest BCUT2D eigenvalue weighted by atomic mass is 9.67. The number of halogens is 2. The fourth-order valence-electron chi connectivity index (χ4n) is 2.45. The van der Waals surface area contributed by atoms with Crippen LogP contribution in [0, 0.1) is 11.2 Å². The van der Waals surface area contributed by atoms with Crippen molar-refractivity contribution in [2.45, 2.75) is 32.6 Å². The fourth-order valence-corrected chi connectivity index (χ4v) is 2.60. The van der Waals surface area contributed by atoms with Gasteiger partial charge in [-0.3, -0.25) is 0 Å². The number of hydrogen-bond donors (Lipinski definition) is 3. The first-order valence-corrected chi connectivity index (χ1v) is 6.64. The van der Waals surface area contributed by atoms with Gasteiger partial charge in [0.1, 0.15) is 5.02 Å². The van der Waals surface area contributed by atoms with Gasteiger partial charge in [0.25, 0.3) is 0 Å². The van der Waals surface area contributed by atoms with Crippen LogP contribution >= 0.6 is 11.6 Å². The number of nitrogen functional groups attached to an aromatic ring is 2. The normalized spacial score (nSPS) is 17.3. The minimum Gasteiger partial charge on any atom is -0.397 e. The molecule has 100 valence electrons. The molecule has 1 aromatic rings. The number of anilines is 3. The molecule has 5 heteroatoms. The van der Waals surface area contributed by atoms with Crippen molar-refractivity contribution in [3.8, 4) is 0 Å². The van der Waals surface area contributed by atoms with Crippen LogP contribution < -0.4 is 16.8 Å².